The molecule has 1 aromatic rings. The van der Waals surface area contributed by atoms with Gasteiger partial charge >= 0.3 is 5.97 Å². The second-order valence-electron chi connectivity index (χ2n) is 3.98. The Morgan fingerprint density at radius 2 is 2.05 bits per heavy atom. The molecular formula is C13H17N3O3. The third-order valence-corrected chi connectivity index (χ3v) is 2.59. The van der Waals surface area contributed by atoms with Crippen LogP contribution in [0.25, 0.3) is 0 Å². The minimum Gasteiger partial charge on any atom is -0.497 e. The number of rotatable bonds is 4. The van der Waals surface area contributed by atoms with Crippen LogP contribution in [0.3, 0.4) is 0 Å². The summed E-state index contributed by atoms with van der Waals surface area (Å²) >= 11 is 0. The second-order valence-corrected chi connectivity index (χ2v) is 3.98. The van der Waals surface area contributed by atoms with Gasteiger partial charge in [-0.1, -0.05) is 0 Å². The maximum atomic E-state index is 11.7. The molecule has 1 aromatic carbocycles. The van der Waals surface area contributed by atoms with E-state index in [9.17, 15) is 4.79 Å². The van der Waals surface area contributed by atoms with Crippen molar-refractivity contribution in [3.8, 4) is 5.75 Å². The monoisotopic (exact) mass is 263 g/mol. The molecule has 19 heavy (non-hydrogen) atoms. The molecule has 6 nitrogen and oxygen atoms in total. The van der Waals surface area contributed by atoms with Crippen LogP contribution in [0.15, 0.2) is 29.4 Å². The van der Waals surface area contributed by atoms with Crippen LogP contribution in [-0.4, -0.2) is 43.5 Å². The lowest BCUT2D eigenvalue weighted by molar-refractivity contribution is -0.135. The standard InChI is InChI=1S/C13H17N3O3/c1-3-19-13(17)12(16-8-9-16)15-14-10-4-6-11(18-2)7-5-10/h4-7,14H,3,8-9H2,1-2H3/b15-12+. The minimum absolute atomic E-state index is 0.317. The summed E-state index contributed by atoms with van der Waals surface area (Å²) in [6.45, 7) is 3.78. The normalized spacial score (nSPS) is 14.0. The van der Waals surface area contributed by atoms with Gasteiger partial charge in [-0.05, 0) is 31.2 Å². The molecule has 0 atom stereocenters. The Morgan fingerprint density at radius 3 is 2.58 bits per heavy atom. The molecular weight excluding hydrogens is 246 g/mol. The quantitative estimate of drug-likeness (QED) is 0.292. The van der Waals surface area contributed by atoms with E-state index >= 15 is 0 Å². The van der Waals surface area contributed by atoms with Crippen molar-refractivity contribution in [2.24, 2.45) is 5.10 Å². The van der Waals surface area contributed by atoms with Gasteiger partial charge in [-0.3, -0.25) is 5.43 Å². The number of methoxy groups -OCH3 is 1. The fourth-order valence-corrected chi connectivity index (χ4v) is 1.49. The SMILES string of the molecule is CCOC(=O)/C(=N\Nc1ccc(OC)cc1)N1CC1. The lowest BCUT2D eigenvalue weighted by atomic mass is 10.3. The van der Waals surface area contributed by atoms with E-state index in [4.69, 9.17) is 9.47 Å². The van der Waals surface area contributed by atoms with E-state index in [1.165, 1.54) is 0 Å². The average Bonchev–Trinajstić information content (AvgIpc) is 3.25. The largest absolute Gasteiger partial charge is 0.497 e. The van der Waals surface area contributed by atoms with Crippen LogP contribution in [0.5, 0.6) is 5.75 Å². The van der Waals surface area contributed by atoms with Crippen molar-refractivity contribution in [1.82, 2.24) is 4.90 Å². The zero-order chi connectivity index (χ0) is 13.7. The van der Waals surface area contributed by atoms with E-state index in [1.54, 1.807) is 14.0 Å². The van der Waals surface area contributed by atoms with Crippen molar-refractivity contribution in [3.05, 3.63) is 24.3 Å². The summed E-state index contributed by atoms with van der Waals surface area (Å²) < 4.78 is 10.0. The molecule has 0 radical (unpaired) electrons. The van der Waals surface area contributed by atoms with Gasteiger partial charge < -0.3 is 14.4 Å². The minimum atomic E-state index is -0.402. The van der Waals surface area contributed by atoms with Gasteiger partial charge in [0.05, 0.1) is 19.4 Å². The summed E-state index contributed by atoms with van der Waals surface area (Å²) in [5.74, 6) is 0.685. The number of hydrogen-bond acceptors (Lipinski definition) is 5. The van der Waals surface area contributed by atoms with Gasteiger partial charge in [-0.15, -0.1) is 5.10 Å². The van der Waals surface area contributed by atoms with Crippen molar-refractivity contribution in [3.63, 3.8) is 0 Å². The molecule has 1 heterocycles. The van der Waals surface area contributed by atoms with E-state index < -0.39 is 5.97 Å². The summed E-state index contributed by atoms with van der Waals surface area (Å²) in [6.07, 6.45) is 0. The zero-order valence-corrected chi connectivity index (χ0v) is 11.0. The summed E-state index contributed by atoms with van der Waals surface area (Å²) in [6, 6.07) is 7.29. The van der Waals surface area contributed by atoms with Crippen LogP contribution in [0.1, 0.15) is 6.92 Å². The number of carbonyl (C=O) groups is 1. The molecule has 1 N–H and O–H groups in total. The van der Waals surface area contributed by atoms with Gasteiger partial charge in [0.25, 0.3) is 0 Å². The van der Waals surface area contributed by atoms with Gasteiger partial charge in [0.1, 0.15) is 5.75 Å². The van der Waals surface area contributed by atoms with Crippen molar-refractivity contribution < 1.29 is 14.3 Å². The highest BCUT2D eigenvalue weighted by atomic mass is 16.5. The van der Waals surface area contributed by atoms with Crippen LogP contribution in [0.2, 0.25) is 0 Å². The summed E-state index contributed by atoms with van der Waals surface area (Å²) in [5, 5.41) is 4.11. The third kappa shape index (κ3) is 3.61. The van der Waals surface area contributed by atoms with Crippen LogP contribution in [0, 0.1) is 0 Å². The van der Waals surface area contributed by atoms with E-state index in [1.807, 2.05) is 29.2 Å². The van der Waals surface area contributed by atoms with Gasteiger partial charge in [0.15, 0.2) is 0 Å². The van der Waals surface area contributed by atoms with E-state index in [0.717, 1.165) is 24.5 Å². The number of amidine groups is 1. The number of hydrogen-bond donors (Lipinski definition) is 1. The summed E-state index contributed by atoms with van der Waals surface area (Å²) in [5.41, 5.74) is 3.63. The highest BCUT2D eigenvalue weighted by Crippen LogP contribution is 2.15. The van der Waals surface area contributed by atoms with Crippen molar-refractivity contribution in [2.75, 3.05) is 32.2 Å². The predicted molar refractivity (Wildman–Crippen MR) is 72.3 cm³/mol. The molecule has 0 amide bonds. The first-order valence-electron chi connectivity index (χ1n) is 6.14. The van der Waals surface area contributed by atoms with Gasteiger partial charge in [-0.2, -0.15) is 0 Å². The fourth-order valence-electron chi connectivity index (χ4n) is 1.49. The molecule has 6 heteroatoms. The van der Waals surface area contributed by atoms with Gasteiger partial charge in [-0.25, -0.2) is 4.79 Å². The second kappa shape index (κ2) is 6.08. The number of hydrazone groups is 1. The number of anilines is 1. The molecule has 0 spiro atoms. The number of ether oxygens (including phenoxy) is 2. The Kier molecular flexibility index (Phi) is 4.22. The third-order valence-electron chi connectivity index (χ3n) is 2.59. The van der Waals surface area contributed by atoms with Crippen molar-refractivity contribution in [2.45, 2.75) is 6.92 Å². The molecule has 0 saturated carbocycles. The maximum absolute atomic E-state index is 11.7. The Morgan fingerprint density at radius 1 is 1.37 bits per heavy atom. The van der Waals surface area contributed by atoms with Crippen molar-refractivity contribution in [1.29, 1.82) is 0 Å². The first-order valence-corrected chi connectivity index (χ1v) is 6.14. The van der Waals surface area contributed by atoms with E-state index in [0.29, 0.717) is 12.4 Å². The number of esters is 1. The Hall–Kier alpha value is -2.24. The fraction of sp³-hybridized carbons (Fsp3) is 0.385. The van der Waals surface area contributed by atoms with Crippen LogP contribution in [0.4, 0.5) is 5.69 Å². The van der Waals surface area contributed by atoms with Crippen LogP contribution in [-0.2, 0) is 9.53 Å². The molecule has 2 rings (SSSR count). The zero-order valence-electron chi connectivity index (χ0n) is 11.0. The number of nitrogens with zero attached hydrogens (tertiary/aromatic N) is 2. The van der Waals surface area contributed by atoms with E-state index in [2.05, 4.69) is 10.5 Å². The molecule has 1 aliphatic rings. The molecule has 0 unspecified atom stereocenters. The summed E-state index contributed by atoms with van der Waals surface area (Å²) in [7, 11) is 1.61. The predicted octanol–water partition coefficient (Wildman–Crippen LogP) is 1.30. The first-order chi connectivity index (χ1) is 9.24. The molecule has 102 valence electrons. The molecule has 0 aromatic heterocycles. The Bertz CT molecular complexity index is 467. The Labute approximate surface area is 112 Å². The summed E-state index contributed by atoms with van der Waals surface area (Å²) in [4.78, 5) is 13.5. The highest BCUT2D eigenvalue weighted by molar-refractivity contribution is 6.35. The molecule has 1 fully saturated rings. The van der Waals surface area contributed by atoms with E-state index in [-0.39, 0.29) is 0 Å². The van der Waals surface area contributed by atoms with Gasteiger partial charge in [0, 0.05) is 13.1 Å². The topological polar surface area (TPSA) is 62.9 Å². The number of benzene rings is 1. The molecule has 1 saturated heterocycles. The average molecular weight is 263 g/mol. The number of carbonyl (C=O) groups excluding carboxylic acids is 1. The first kappa shape index (κ1) is 13.2. The van der Waals surface area contributed by atoms with Crippen LogP contribution < -0.4 is 10.2 Å². The van der Waals surface area contributed by atoms with Crippen LogP contribution >= 0.6 is 0 Å². The lowest BCUT2D eigenvalue weighted by Crippen LogP contribution is -2.26. The Balaban J connectivity index is 2.02. The molecule has 0 aliphatic carbocycles. The van der Waals surface area contributed by atoms with Crippen molar-refractivity contribution >= 4 is 17.5 Å². The molecule has 0 bridgehead atoms. The highest BCUT2D eigenvalue weighted by Gasteiger charge is 2.29. The lowest BCUT2D eigenvalue weighted by Gasteiger charge is -2.08. The molecule has 1 aliphatic heterocycles. The maximum Gasteiger partial charge on any atom is 0.375 e. The smallest absolute Gasteiger partial charge is 0.375 e. The number of nitrogens with one attached hydrogen (secondary N) is 1. The van der Waals surface area contributed by atoms with Gasteiger partial charge in [0.2, 0.25) is 5.84 Å².